The number of halogens is 2. The van der Waals surface area contributed by atoms with Crippen molar-refractivity contribution in [2.75, 3.05) is 26.7 Å². The number of nitrogens with one attached hydrogen (secondary N) is 1. The maximum atomic E-state index is 15.0. The van der Waals surface area contributed by atoms with Crippen molar-refractivity contribution < 1.29 is 22.7 Å². The van der Waals surface area contributed by atoms with Crippen molar-refractivity contribution >= 4 is 16.9 Å². The van der Waals surface area contributed by atoms with E-state index in [9.17, 15) is 4.79 Å². The van der Waals surface area contributed by atoms with E-state index in [0.29, 0.717) is 24.2 Å². The van der Waals surface area contributed by atoms with Crippen LogP contribution in [0.1, 0.15) is 21.6 Å². The Morgan fingerprint density at radius 1 is 1.30 bits per heavy atom. The van der Waals surface area contributed by atoms with Gasteiger partial charge >= 0.3 is 0 Å². The van der Waals surface area contributed by atoms with Gasteiger partial charge in [-0.05, 0) is 25.5 Å². The van der Waals surface area contributed by atoms with Gasteiger partial charge in [0.2, 0.25) is 0 Å². The molecule has 5 rings (SSSR count). The average Bonchev–Trinajstić information content (AvgIpc) is 3.08. The Labute approximate surface area is 171 Å². The summed E-state index contributed by atoms with van der Waals surface area (Å²) in [4.78, 5) is 18.5. The Morgan fingerprint density at radius 2 is 2.07 bits per heavy atom. The molecule has 6 nitrogen and oxygen atoms in total. The molecule has 2 fully saturated rings. The first-order valence-corrected chi connectivity index (χ1v) is 9.91. The molecule has 0 saturated carbocycles. The molecular weight excluding hydrogens is 392 g/mol. The Hall–Kier alpha value is -2.84. The van der Waals surface area contributed by atoms with E-state index in [1.165, 1.54) is 7.05 Å². The number of amides is 1. The number of ether oxygens (including phenoxy) is 1. The van der Waals surface area contributed by atoms with Gasteiger partial charge in [0.05, 0.1) is 18.3 Å². The minimum absolute atomic E-state index is 0.0838. The van der Waals surface area contributed by atoms with E-state index < -0.39 is 17.5 Å². The molecule has 3 aromatic rings. The Balaban J connectivity index is 1.64. The first kappa shape index (κ1) is 19.1. The number of aromatic nitrogens is 1. The van der Waals surface area contributed by atoms with Gasteiger partial charge in [-0.1, -0.05) is 0 Å². The second-order valence-electron chi connectivity index (χ2n) is 7.80. The van der Waals surface area contributed by atoms with Crippen LogP contribution < -0.4 is 5.32 Å². The van der Waals surface area contributed by atoms with Crippen LogP contribution in [-0.4, -0.2) is 54.7 Å². The number of benzene rings is 1. The summed E-state index contributed by atoms with van der Waals surface area (Å²) >= 11 is 0. The third-order valence-electron chi connectivity index (χ3n) is 6.01. The van der Waals surface area contributed by atoms with Crippen LogP contribution in [0.3, 0.4) is 0 Å². The third-order valence-corrected chi connectivity index (χ3v) is 6.01. The van der Waals surface area contributed by atoms with Crippen molar-refractivity contribution in [1.82, 2.24) is 15.2 Å². The number of rotatable bonds is 4. The summed E-state index contributed by atoms with van der Waals surface area (Å²) < 4.78 is 41.8. The molecule has 156 valence electrons. The maximum absolute atomic E-state index is 15.0. The zero-order valence-corrected chi connectivity index (χ0v) is 16.7. The molecule has 1 aromatic carbocycles. The fourth-order valence-electron chi connectivity index (χ4n) is 4.41. The summed E-state index contributed by atoms with van der Waals surface area (Å²) in [5.74, 6) is -2.11. The van der Waals surface area contributed by atoms with Gasteiger partial charge in [0, 0.05) is 60.6 Å². The summed E-state index contributed by atoms with van der Waals surface area (Å²) in [5, 5.41) is 3.11. The normalized spacial score (nSPS) is 22.7. The Kier molecular flexibility index (Phi) is 4.56. The van der Waals surface area contributed by atoms with E-state index in [-0.39, 0.29) is 29.0 Å². The van der Waals surface area contributed by atoms with Crippen LogP contribution in [0, 0.1) is 18.6 Å². The summed E-state index contributed by atoms with van der Waals surface area (Å²) in [6, 6.07) is 3.95. The lowest BCUT2D eigenvalue weighted by atomic mass is 9.88. The Bertz CT molecular complexity index is 1120. The molecule has 2 bridgehead atoms. The summed E-state index contributed by atoms with van der Waals surface area (Å²) in [7, 11) is 1.41. The maximum Gasteiger partial charge on any atom is 0.251 e. The van der Waals surface area contributed by atoms with Gasteiger partial charge < -0.3 is 14.5 Å². The highest BCUT2D eigenvalue weighted by molar-refractivity contribution is 5.95. The number of carbonyl (C=O) groups excluding carboxylic acids is 1. The summed E-state index contributed by atoms with van der Waals surface area (Å²) in [6.45, 7) is 4.24. The SMILES string of the molecule is CNC(=O)c1cc(F)c(-c2oc3cc(C)ncc3c2C[C@H]2[C@@H]3CN2CCO3)c(F)c1. The second-order valence-corrected chi connectivity index (χ2v) is 7.80. The van der Waals surface area contributed by atoms with Gasteiger partial charge in [-0.2, -0.15) is 0 Å². The van der Waals surface area contributed by atoms with Crippen LogP contribution >= 0.6 is 0 Å². The molecule has 2 aliphatic heterocycles. The standard InChI is InChI=1S/C22H21F2N3O3/c1-11-5-18-14(9-26-11)13(8-17-19-10-27(17)3-4-29-19)21(30-18)20-15(23)6-12(7-16(20)24)22(28)25-2/h5-7,9,17,19H,3-4,8,10H2,1-2H3,(H,25,28)/t17-,19-/m0/s1. The fraction of sp³-hybridized carbons (Fsp3) is 0.364. The molecule has 30 heavy (non-hydrogen) atoms. The highest BCUT2D eigenvalue weighted by Gasteiger charge is 2.43. The topological polar surface area (TPSA) is 67.6 Å². The second kappa shape index (κ2) is 7.14. The number of pyridine rings is 1. The zero-order valence-electron chi connectivity index (χ0n) is 16.7. The van der Waals surface area contributed by atoms with Gasteiger partial charge in [-0.25, -0.2) is 8.78 Å². The number of fused-ring (bicyclic) bond motifs is 3. The van der Waals surface area contributed by atoms with E-state index in [1.807, 2.05) is 6.92 Å². The largest absolute Gasteiger partial charge is 0.455 e. The Morgan fingerprint density at radius 3 is 2.70 bits per heavy atom. The molecule has 2 aliphatic rings. The van der Waals surface area contributed by atoms with Crippen molar-refractivity contribution in [3.05, 3.63) is 52.9 Å². The van der Waals surface area contributed by atoms with Crippen LogP contribution in [0.5, 0.6) is 0 Å². The minimum atomic E-state index is -0.844. The third kappa shape index (κ3) is 2.98. The highest BCUT2D eigenvalue weighted by Crippen LogP contribution is 2.40. The van der Waals surface area contributed by atoms with Crippen LogP contribution in [0.15, 0.2) is 28.8 Å². The molecule has 1 unspecified atom stereocenters. The van der Waals surface area contributed by atoms with E-state index in [0.717, 1.165) is 36.3 Å². The summed E-state index contributed by atoms with van der Waals surface area (Å²) in [5.41, 5.74) is 1.62. The molecule has 3 atom stereocenters. The monoisotopic (exact) mass is 413 g/mol. The predicted molar refractivity (Wildman–Crippen MR) is 106 cm³/mol. The van der Waals surface area contributed by atoms with Crippen LogP contribution in [0.4, 0.5) is 8.78 Å². The number of nitrogens with zero attached hydrogens (tertiary/aromatic N) is 2. The first-order valence-electron chi connectivity index (χ1n) is 9.91. The lowest BCUT2D eigenvalue weighted by molar-refractivity contribution is -0.159. The number of morpholine rings is 2. The van der Waals surface area contributed by atoms with Gasteiger partial charge in [0.25, 0.3) is 5.91 Å². The molecule has 1 N–H and O–H groups in total. The van der Waals surface area contributed by atoms with Gasteiger partial charge in [-0.15, -0.1) is 0 Å². The predicted octanol–water partition coefficient (Wildman–Crippen LogP) is 3.07. The smallest absolute Gasteiger partial charge is 0.251 e. The van der Waals surface area contributed by atoms with Crippen molar-refractivity contribution in [3.8, 4) is 11.3 Å². The zero-order chi connectivity index (χ0) is 21.0. The number of hydrogen-bond donors (Lipinski definition) is 1. The van der Waals surface area contributed by atoms with Crippen molar-refractivity contribution in [2.24, 2.45) is 0 Å². The van der Waals surface area contributed by atoms with Gasteiger partial charge in [-0.3, -0.25) is 14.7 Å². The van der Waals surface area contributed by atoms with Crippen molar-refractivity contribution in [1.29, 1.82) is 0 Å². The molecule has 0 radical (unpaired) electrons. The molecular formula is C22H21F2N3O3. The van der Waals surface area contributed by atoms with Crippen LogP contribution in [-0.2, 0) is 11.2 Å². The quantitative estimate of drug-likeness (QED) is 0.712. The van der Waals surface area contributed by atoms with E-state index in [4.69, 9.17) is 9.15 Å². The molecule has 0 spiro atoms. The summed E-state index contributed by atoms with van der Waals surface area (Å²) in [6.07, 6.45) is 2.33. The van der Waals surface area contributed by atoms with Gasteiger partial charge in [0.1, 0.15) is 23.0 Å². The minimum Gasteiger partial charge on any atom is -0.455 e. The molecule has 4 heterocycles. The molecule has 2 saturated heterocycles. The molecule has 2 aromatic heterocycles. The van der Waals surface area contributed by atoms with Crippen molar-refractivity contribution in [3.63, 3.8) is 0 Å². The van der Waals surface area contributed by atoms with Crippen LogP contribution in [0.2, 0.25) is 0 Å². The van der Waals surface area contributed by atoms with Crippen LogP contribution in [0.25, 0.3) is 22.3 Å². The van der Waals surface area contributed by atoms with Gasteiger partial charge in [0.15, 0.2) is 0 Å². The number of hydrogen-bond acceptors (Lipinski definition) is 5. The average molecular weight is 413 g/mol. The lowest BCUT2D eigenvalue weighted by Crippen LogP contribution is -2.66. The van der Waals surface area contributed by atoms with E-state index in [1.54, 1.807) is 12.3 Å². The fourth-order valence-corrected chi connectivity index (χ4v) is 4.41. The first-order chi connectivity index (χ1) is 14.5. The van der Waals surface area contributed by atoms with E-state index >= 15 is 8.78 Å². The van der Waals surface area contributed by atoms with E-state index in [2.05, 4.69) is 15.2 Å². The highest BCUT2D eigenvalue weighted by atomic mass is 19.1. The molecule has 1 amide bonds. The number of furan rings is 1. The number of aryl methyl sites for hydroxylation is 1. The lowest BCUT2D eigenvalue weighted by Gasteiger charge is -2.52. The molecule has 8 heteroatoms. The number of carbonyl (C=O) groups is 1. The van der Waals surface area contributed by atoms with Crippen molar-refractivity contribution in [2.45, 2.75) is 25.5 Å². The molecule has 0 aliphatic carbocycles.